The van der Waals surface area contributed by atoms with Crippen LogP contribution in [0.25, 0.3) is 0 Å². The zero-order valence-electron chi connectivity index (χ0n) is 13.8. The molecule has 0 radical (unpaired) electrons. The van der Waals surface area contributed by atoms with Gasteiger partial charge in [0.1, 0.15) is 0 Å². The van der Waals surface area contributed by atoms with E-state index in [0.717, 1.165) is 18.4 Å². The second kappa shape index (κ2) is 8.26. The van der Waals surface area contributed by atoms with Crippen LogP contribution in [0.5, 0.6) is 0 Å². The Bertz CT molecular complexity index is 217. The first-order chi connectivity index (χ1) is 8.97. The summed E-state index contributed by atoms with van der Waals surface area (Å²) in [4.78, 5) is 2.71. The van der Waals surface area contributed by atoms with Crippen LogP contribution in [0.4, 0.5) is 0 Å². The Hall–Kier alpha value is -0.0800. The Morgan fingerprint density at radius 3 is 1.79 bits per heavy atom. The van der Waals surface area contributed by atoms with Crippen molar-refractivity contribution >= 4 is 0 Å². The molecule has 0 aromatic carbocycles. The van der Waals surface area contributed by atoms with Crippen LogP contribution in [0.15, 0.2) is 0 Å². The molecule has 0 atom stereocenters. The fourth-order valence-electron chi connectivity index (χ4n) is 3.18. The average Bonchev–Trinajstić information content (AvgIpc) is 2.81. The van der Waals surface area contributed by atoms with Crippen molar-refractivity contribution in [3.8, 4) is 0 Å². The topological polar surface area (TPSA) is 29.3 Å². The van der Waals surface area contributed by atoms with E-state index in [0.29, 0.717) is 5.41 Å². The maximum atomic E-state index is 6.10. The fraction of sp³-hybridized carbons (Fsp3) is 1.00. The molecule has 2 N–H and O–H groups in total. The maximum Gasteiger partial charge on any atom is 0.00501 e. The van der Waals surface area contributed by atoms with Crippen LogP contribution in [0.2, 0.25) is 0 Å². The highest BCUT2D eigenvalue weighted by molar-refractivity contribution is 4.88. The van der Waals surface area contributed by atoms with Gasteiger partial charge in [-0.2, -0.15) is 0 Å². The molecule has 0 aromatic rings. The molecular formula is C17H36N2. The summed E-state index contributed by atoms with van der Waals surface area (Å²) in [6, 6.07) is 0. The van der Waals surface area contributed by atoms with E-state index in [9.17, 15) is 0 Å². The molecule has 0 unspecified atom stereocenters. The minimum atomic E-state index is 0.438. The third kappa shape index (κ3) is 6.27. The van der Waals surface area contributed by atoms with Crippen molar-refractivity contribution in [1.82, 2.24) is 4.90 Å². The molecule has 0 amide bonds. The summed E-state index contributed by atoms with van der Waals surface area (Å²) in [5.74, 6) is 1.61. The quantitative estimate of drug-likeness (QED) is 0.687. The Morgan fingerprint density at radius 1 is 0.947 bits per heavy atom. The van der Waals surface area contributed by atoms with E-state index in [2.05, 4.69) is 32.6 Å². The third-order valence-corrected chi connectivity index (χ3v) is 4.70. The smallest absolute Gasteiger partial charge is 0.00501 e. The summed E-state index contributed by atoms with van der Waals surface area (Å²) < 4.78 is 0. The molecule has 0 bridgehead atoms. The molecule has 1 fully saturated rings. The van der Waals surface area contributed by atoms with Crippen molar-refractivity contribution in [2.24, 2.45) is 23.0 Å². The monoisotopic (exact) mass is 268 g/mol. The first-order valence-corrected chi connectivity index (χ1v) is 8.40. The van der Waals surface area contributed by atoms with Gasteiger partial charge in [0.2, 0.25) is 0 Å². The largest absolute Gasteiger partial charge is 0.330 e. The van der Waals surface area contributed by atoms with Gasteiger partial charge < -0.3 is 10.6 Å². The summed E-state index contributed by atoms with van der Waals surface area (Å²) >= 11 is 0. The summed E-state index contributed by atoms with van der Waals surface area (Å²) in [6.07, 6.45) is 8.11. The van der Waals surface area contributed by atoms with E-state index in [-0.39, 0.29) is 0 Å². The fourth-order valence-corrected chi connectivity index (χ4v) is 3.18. The standard InChI is InChI=1S/C17H36N2/c1-15(2)7-11-19(12-8-16(3)4)14-17(13-18)9-5-6-10-17/h15-16H,5-14,18H2,1-4H3. The second-order valence-electron chi connectivity index (χ2n) is 7.55. The first kappa shape index (κ1) is 17.0. The van der Waals surface area contributed by atoms with Gasteiger partial charge in [-0.3, -0.25) is 0 Å². The van der Waals surface area contributed by atoms with Gasteiger partial charge in [0.25, 0.3) is 0 Å². The van der Waals surface area contributed by atoms with E-state index >= 15 is 0 Å². The molecule has 114 valence electrons. The summed E-state index contributed by atoms with van der Waals surface area (Å²) in [5.41, 5.74) is 6.54. The second-order valence-corrected chi connectivity index (χ2v) is 7.55. The zero-order chi connectivity index (χ0) is 14.3. The predicted octanol–water partition coefficient (Wildman–Crippen LogP) is 3.90. The highest BCUT2D eigenvalue weighted by Crippen LogP contribution is 2.38. The molecule has 0 aliphatic heterocycles. The highest BCUT2D eigenvalue weighted by atomic mass is 15.1. The Morgan fingerprint density at radius 2 is 1.42 bits per heavy atom. The van der Waals surface area contributed by atoms with E-state index in [1.54, 1.807) is 0 Å². The van der Waals surface area contributed by atoms with Gasteiger partial charge in [0.05, 0.1) is 0 Å². The lowest BCUT2D eigenvalue weighted by atomic mass is 9.85. The van der Waals surface area contributed by atoms with Crippen molar-refractivity contribution in [1.29, 1.82) is 0 Å². The first-order valence-electron chi connectivity index (χ1n) is 8.40. The third-order valence-electron chi connectivity index (χ3n) is 4.70. The van der Waals surface area contributed by atoms with Gasteiger partial charge in [0.15, 0.2) is 0 Å². The summed E-state index contributed by atoms with van der Waals surface area (Å²) in [6.45, 7) is 13.9. The lowest BCUT2D eigenvalue weighted by molar-refractivity contribution is 0.146. The average molecular weight is 268 g/mol. The van der Waals surface area contributed by atoms with Crippen LogP contribution in [0.1, 0.15) is 66.2 Å². The van der Waals surface area contributed by atoms with Crippen LogP contribution in [-0.4, -0.2) is 31.1 Å². The van der Waals surface area contributed by atoms with E-state index < -0.39 is 0 Å². The van der Waals surface area contributed by atoms with Gasteiger partial charge in [-0.05, 0) is 62.6 Å². The molecule has 0 saturated heterocycles. The SMILES string of the molecule is CC(C)CCN(CCC(C)C)CC1(CN)CCCC1. The van der Waals surface area contributed by atoms with Gasteiger partial charge in [-0.25, -0.2) is 0 Å². The molecule has 0 aromatic heterocycles. The molecule has 1 aliphatic carbocycles. The molecule has 2 heteroatoms. The van der Waals surface area contributed by atoms with Crippen LogP contribution in [0.3, 0.4) is 0 Å². The Labute approximate surface area is 121 Å². The number of nitrogens with zero attached hydrogens (tertiary/aromatic N) is 1. The summed E-state index contributed by atoms with van der Waals surface area (Å²) in [7, 11) is 0. The maximum absolute atomic E-state index is 6.10. The lowest BCUT2D eigenvalue weighted by Gasteiger charge is -2.35. The van der Waals surface area contributed by atoms with Crippen molar-refractivity contribution < 1.29 is 0 Å². The molecular weight excluding hydrogens is 232 g/mol. The molecule has 0 spiro atoms. The normalized spacial score (nSPS) is 18.9. The van der Waals surface area contributed by atoms with Crippen molar-refractivity contribution in [2.45, 2.75) is 66.2 Å². The van der Waals surface area contributed by atoms with Crippen LogP contribution in [-0.2, 0) is 0 Å². The Balaban J connectivity index is 2.50. The van der Waals surface area contributed by atoms with Gasteiger partial charge in [0, 0.05) is 6.54 Å². The van der Waals surface area contributed by atoms with Crippen molar-refractivity contribution in [2.75, 3.05) is 26.2 Å². The zero-order valence-corrected chi connectivity index (χ0v) is 13.8. The molecule has 0 heterocycles. The van der Waals surface area contributed by atoms with Crippen molar-refractivity contribution in [3.63, 3.8) is 0 Å². The van der Waals surface area contributed by atoms with Gasteiger partial charge in [-0.15, -0.1) is 0 Å². The van der Waals surface area contributed by atoms with Gasteiger partial charge >= 0.3 is 0 Å². The van der Waals surface area contributed by atoms with E-state index in [1.807, 2.05) is 0 Å². The lowest BCUT2D eigenvalue weighted by Crippen LogP contribution is -2.42. The number of hydrogen-bond acceptors (Lipinski definition) is 2. The minimum Gasteiger partial charge on any atom is -0.330 e. The van der Waals surface area contributed by atoms with Gasteiger partial charge in [-0.1, -0.05) is 40.5 Å². The van der Waals surface area contributed by atoms with E-state index in [4.69, 9.17) is 5.73 Å². The predicted molar refractivity (Wildman–Crippen MR) is 85.3 cm³/mol. The molecule has 1 rings (SSSR count). The molecule has 2 nitrogen and oxygen atoms in total. The number of nitrogens with two attached hydrogens (primary N) is 1. The Kier molecular flexibility index (Phi) is 7.38. The highest BCUT2D eigenvalue weighted by Gasteiger charge is 2.34. The van der Waals surface area contributed by atoms with Crippen LogP contribution >= 0.6 is 0 Å². The van der Waals surface area contributed by atoms with E-state index in [1.165, 1.54) is 58.2 Å². The molecule has 19 heavy (non-hydrogen) atoms. The number of rotatable bonds is 9. The van der Waals surface area contributed by atoms with Crippen molar-refractivity contribution in [3.05, 3.63) is 0 Å². The summed E-state index contributed by atoms with van der Waals surface area (Å²) in [5, 5.41) is 0. The molecule has 1 aliphatic rings. The molecule has 1 saturated carbocycles. The van der Waals surface area contributed by atoms with Crippen LogP contribution in [0, 0.1) is 17.3 Å². The number of hydrogen-bond donors (Lipinski definition) is 1. The minimum absolute atomic E-state index is 0.438. The van der Waals surface area contributed by atoms with Crippen LogP contribution < -0.4 is 5.73 Å².